The molecule has 0 atom stereocenters. The van der Waals surface area contributed by atoms with Gasteiger partial charge in [0.25, 0.3) is 0 Å². The van der Waals surface area contributed by atoms with E-state index in [2.05, 4.69) is 15.2 Å². The minimum absolute atomic E-state index is 0.165. The molecule has 6 heteroatoms. The molecule has 1 aliphatic carbocycles. The highest BCUT2D eigenvalue weighted by atomic mass is 16.4. The van der Waals surface area contributed by atoms with Gasteiger partial charge in [-0.3, -0.25) is 9.56 Å². The van der Waals surface area contributed by atoms with E-state index in [1.807, 2.05) is 12.2 Å². The van der Waals surface area contributed by atoms with Gasteiger partial charge in [-0.2, -0.15) is 0 Å². The Hall–Kier alpha value is -2.50. The third-order valence-corrected chi connectivity index (χ3v) is 2.64. The van der Waals surface area contributed by atoms with Gasteiger partial charge in [-0.1, -0.05) is 12.2 Å². The number of carboxylic acid groups (broad SMARTS) is 1. The molecule has 6 nitrogen and oxygen atoms in total. The first-order valence-corrected chi connectivity index (χ1v) is 5.05. The molecule has 0 spiro atoms. The summed E-state index contributed by atoms with van der Waals surface area (Å²) in [5.41, 5.74) is 1.50. The number of nitrogens with zero attached hydrogens (tertiary/aromatic N) is 4. The van der Waals surface area contributed by atoms with Gasteiger partial charge < -0.3 is 5.11 Å². The molecule has 0 aromatic carbocycles. The van der Waals surface area contributed by atoms with E-state index >= 15 is 0 Å². The number of rotatable bonds is 1. The van der Waals surface area contributed by atoms with Gasteiger partial charge in [0.1, 0.15) is 12.0 Å². The number of hydrogen-bond donors (Lipinski definition) is 1. The molecule has 2 aliphatic rings. The number of hydrogen-bond acceptors (Lipinski definition) is 4. The van der Waals surface area contributed by atoms with Crippen molar-refractivity contribution >= 4 is 17.9 Å². The Bertz CT molecular complexity index is 619. The first kappa shape index (κ1) is 9.71. The highest BCUT2D eigenvalue weighted by Crippen LogP contribution is 2.29. The summed E-state index contributed by atoms with van der Waals surface area (Å²) in [6, 6.07) is 0. The molecule has 0 bridgehead atoms. The van der Waals surface area contributed by atoms with Crippen LogP contribution in [0.25, 0.3) is 5.70 Å². The fourth-order valence-corrected chi connectivity index (χ4v) is 1.90. The third kappa shape index (κ3) is 1.42. The summed E-state index contributed by atoms with van der Waals surface area (Å²) in [4.78, 5) is 15.6. The van der Waals surface area contributed by atoms with Crippen LogP contribution in [0.15, 0.2) is 40.8 Å². The predicted octanol–water partition coefficient (Wildman–Crippen LogP) is 0.850. The van der Waals surface area contributed by atoms with Crippen LogP contribution in [0.4, 0.5) is 0 Å². The zero-order valence-corrected chi connectivity index (χ0v) is 8.74. The fraction of sp³-hybridized carbons (Fsp3) is 0.0909. The minimum atomic E-state index is -1.01. The van der Waals surface area contributed by atoms with Crippen LogP contribution in [0.2, 0.25) is 0 Å². The Labute approximate surface area is 96.3 Å². The Morgan fingerprint density at radius 3 is 3.18 bits per heavy atom. The standard InChI is InChI=1S/C11H8N4O2/c16-11(17)10-7-3-1-2-4-8(7)12-5-9-14-13-6-15(9)10/h1-2,4-6H,3H2,(H,16,17). The quantitative estimate of drug-likeness (QED) is 0.772. The van der Waals surface area contributed by atoms with Crippen LogP contribution in [0.3, 0.4) is 0 Å². The highest BCUT2D eigenvalue weighted by Gasteiger charge is 2.24. The van der Waals surface area contributed by atoms with E-state index in [1.165, 1.54) is 17.1 Å². The number of carbonyl (C=O) groups is 1. The summed E-state index contributed by atoms with van der Waals surface area (Å²) in [6.07, 6.45) is 9.00. The molecule has 1 aromatic heterocycles. The number of aliphatic imine (C=N–C) groups is 1. The Kier molecular flexibility index (Phi) is 2.01. The van der Waals surface area contributed by atoms with E-state index in [4.69, 9.17) is 0 Å². The molecule has 1 N–H and O–H groups in total. The Morgan fingerprint density at radius 1 is 1.47 bits per heavy atom. The molecular formula is C11H8N4O2. The van der Waals surface area contributed by atoms with Gasteiger partial charge in [-0.15, -0.1) is 10.2 Å². The van der Waals surface area contributed by atoms with Crippen LogP contribution in [-0.2, 0) is 4.79 Å². The molecule has 1 aliphatic heterocycles. The van der Waals surface area contributed by atoms with Crippen LogP contribution in [0.5, 0.6) is 0 Å². The molecule has 0 radical (unpaired) electrons. The molecule has 0 unspecified atom stereocenters. The average Bonchev–Trinajstić information content (AvgIpc) is 2.70. The lowest BCUT2D eigenvalue weighted by Crippen LogP contribution is -2.12. The van der Waals surface area contributed by atoms with Crippen molar-refractivity contribution in [1.29, 1.82) is 0 Å². The molecular weight excluding hydrogens is 220 g/mol. The Morgan fingerprint density at radius 2 is 2.35 bits per heavy atom. The van der Waals surface area contributed by atoms with E-state index in [0.717, 1.165) is 0 Å². The zero-order chi connectivity index (χ0) is 11.8. The van der Waals surface area contributed by atoms with Crippen LogP contribution in [0, 0.1) is 0 Å². The maximum atomic E-state index is 11.4. The second kappa shape index (κ2) is 3.51. The molecule has 2 heterocycles. The number of allylic oxidation sites excluding steroid dienone is 4. The summed E-state index contributed by atoms with van der Waals surface area (Å²) < 4.78 is 1.45. The van der Waals surface area contributed by atoms with Crippen LogP contribution in [0.1, 0.15) is 12.2 Å². The van der Waals surface area contributed by atoms with E-state index in [1.54, 1.807) is 6.08 Å². The van der Waals surface area contributed by atoms with Crippen molar-refractivity contribution in [2.75, 3.05) is 0 Å². The van der Waals surface area contributed by atoms with Crippen LogP contribution >= 0.6 is 0 Å². The van der Waals surface area contributed by atoms with Gasteiger partial charge in [0.05, 0.1) is 11.9 Å². The van der Waals surface area contributed by atoms with Crippen molar-refractivity contribution in [2.45, 2.75) is 6.42 Å². The molecule has 3 rings (SSSR count). The molecule has 0 amide bonds. The van der Waals surface area contributed by atoms with Gasteiger partial charge >= 0.3 is 5.97 Å². The SMILES string of the molecule is O=C(O)C1=C2CC=CC=C2N=Cc2nncn21. The topological polar surface area (TPSA) is 80.4 Å². The molecule has 0 saturated heterocycles. The highest BCUT2D eigenvalue weighted by molar-refractivity contribution is 6.12. The van der Waals surface area contributed by atoms with Crippen molar-refractivity contribution in [3.63, 3.8) is 0 Å². The molecule has 17 heavy (non-hydrogen) atoms. The van der Waals surface area contributed by atoms with Gasteiger partial charge in [-0.25, -0.2) is 4.79 Å². The summed E-state index contributed by atoms with van der Waals surface area (Å²) >= 11 is 0. The van der Waals surface area contributed by atoms with Crippen molar-refractivity contribution in [3.8, 4) is 0 Å². The van der Waals surface area contributed by atoms with Crippen molar-refractivity contribution < 1.29 is 9.90 Å². The van der Waals surface area contributed by atoms with Gasteiger partial charge in [0.2, 0.25) is 0 Å². The van der Waals surface area contributed by atoms with Gasteiger partial charge in [-0.05, 0) is 12.5 Å². The number of aliphatic carboxylic acids is 1. The van der Waals surface area contributed by atoms with Crippen molar-refractivity contribution in [1.82, 2.24) is 14.8 Å². The lowest BCUT2D eigenvalue weighted by Gasteiger charge is -2.12. The minimum Gasteiger partial charge on any atom is -0.477 e. The molecule has 1 aromatic rings. The van der Waals surface area contributed by atoms with E-state index in [9.17, 15) is 9.90 Å². The first-order chi connectivity index (χ1) is 8.27. The van der Waals surface area contributed by atoms with E-state index in [-0.39, 0.29) is 5.70 Å². The second-order valence-electron chi connectivity index (χ2n) is 3.63. The van der Waals surface area contributed by atoms with E-state index in [0.29, 0.717) is 23.5 Å². The van der Waals surface area contributed by atoms with Crippen LogP contribution < -0.4 is 0 Å². The van der Waals surface area contributed by atoms with E-state index < -0.39 is 5.97 Å². The molecule has 84 valence electrons. The second-order valence-corrected chi connectivity index (χ2v) is 3.63. The number of fused-ring (bicyclic) bond motifs is 2. The normalized spacial score (nSPS) is 17.3. The lowest BCUT2D eigenvalue weighted by atomic mass is 10.0. The lowest BCUT2D eigenvalue weighted by molar-refractivity contribution is -0.130. The third-order valence-electron chi connectivity index (χ3n) is 2.64. The molecule has 0 fully saturated rings. The van der Waals surface area contributed by atoms with Crippen LogP contribution in [-0.4, -0.2) is 32.1 Å². The largest absolute Gasteiger partial charge is 0.477 e. The summed E-state index contributed by atoms with van der Waals surface area (Å²) in [5, 5.41) is 16.9. The summed E-state index contributed by atoms with van der Waals surface area (Å²) in [7, 11) is 0. The zero-order valence-electron chi connectivity index (χ0n) is 8.74. The van der Waals surface area contributed by atoms with Crippen molar-refractivity contribution in [2.24, 2.45) is 4.99 Å². The first-order valence-electron chi connectivity index (χ1n) is 5.05. The number of aromatic nitrogens is 3. The van der Waals surface area contributed by atoms with Gasteiger partial charge in [0.15, 0.2) is 5.82 Å². The maximum absolute atomic E-state index is 11.4. The predicted molar refractivity (Wildman–Crippen MR) is 60.3 cm³/mol. The molecule has 0 saturated carbocycles. The van der Waals surface area contributed by atoms with Crippen molar-refractivity contribution in [3.05, 3.63) is 41.6 Å². The maximum Gasteiger partial charge on any atom is 0.353 e. The smallest absolute Gasteiger partial charge is 0.353 e. The fourth-order valence-electron chi connectivity index (χ4n) is 1.90. The van der Waals surface area contributed by atoms with Gasteiger partial charge in [0, 0.05) is 5.57 Å². The monoisotopic (exact) mass is 228 g/mol. The summed E-state index contributed by atoms with van der Waals surface area (Å²) in [5.74, 6) is -0.585. The summed E-state index contributed by atoms with van der Waals surface area (Å²) in [6.45, 7) is 0. The number of carboxylic acids is 1. The Balaban J connectivity index is 2.32. The average molecular weight is 228 g/mol.